The minimum absolute atomic E-state index is 0.182. The standard InChI is InChI=1S/C19H14O/c1-2-3-11-17-12-7-8-13-18(17)19(20)15-14-16-9-5-4-6-10-16/h2-13H,1H2/b11-3+. The lowest BCUT2D eigenvalue weighted by Crippen LogP contribution is -1.98. The molecule has 0 aliphatic heterocycles. The third-order valence-corrected chi connectivity index (χ3v) is 2.71. The van der Waals surface area contributed by atoms with Crippen LogP contribution in [0.25, 0.3) is 6.08 Å². The third-order valence-electron chi connectivity index (χ3n) is 2.71. The van der Waals surface area contributed by atoms with Gasteiger partial charge >= 0.3 is 0 Å². The second-order valence-electron chi connectivity index (χ2n) is 4.13. The van der Waals surface area contributed by atoms with Crippen LogP contribution in [-0.4, -0.2) is 5.78 Å². The van der Waals surface area contributed by atoms with Gasteiger partial charge in [0, 0.05) is 11.1 Å². The van der Waals surface area contributed by atoms with Crippen molar-refractivity contribution in [1.29, 1.82) is 0 Å². The molecule has 1 nitrogen and oxygen atoms in total. The summed E-state index contributed by atoms with van der Waals surface area (Å²) in [5.74, 6) is 5.38. The molecule has 96 valence electrons. The lowest BCUT2D eigenvalue weighted by molar-refractivity contribution is 0.105. The molecule has 0 aliphatic carbocycles. The van der Waals surface area contributed by atoms with Gasteiger partial charge in [0.1, 0.15) is 0 Å². The highest BCUT2D eigenvalue weighted by Gasteiger charge is 2.05. The van der Waals surface area contributed by atoms with Gasteiger partial charge in [-0.05, 0) is 29.7 Å². The highest BCUT2D eigenvalue weighted by Crippen LogP contribution is 2.11. The first kappa shape index (κ1) is 13.6. The highest BCUT2D eigenvalue weighted by molar-refractivity contribution is 6.11. The monoisotopic (exact) mass is 258 g/mol. The first-order chi connectivity index (χ1) is 9.81. The van der Waals surface area contributed by atoms with E-state index in [-0.39, 0.29) is 5.78 Å². The average molecular weight is 258 g/mol. The summed E-state index contributed by atoms with van der Waals surface area (Å²) in [5, 5.41) is 0. The number of hydrogen-bond acceptors (Lipinski definition) is 1. The van der Waals surface area contributed by atoms with Gasteiger partial charge in [0.2, 0.25) is 5.78 Å². The van der Waals surface area contributed by atoms with E-state index in [1.807, 2.05) is 54.6 Å². The van der Waals surface area contributed by atoms with Gasteiger partial charge in [0.15, 0.2) is 0 Å². The van der Waals surface area contributed by atoms with E-state index in [0.717, 1.165) is 11.1 Å². The molecule has 0 saturated carbocycles. The lowest BCUT2D eigenvalue weighted by atomic mass is 10.0. The van der Waals surface area contributed by atoms with Crippen LogP contribution >= 0.6 is 0 Å². The van der Waals surface area contributed by atoms with Crippen molar-refractivity contribution < 1.29 is 4.79 Å². The highest BCUT2D eigenvalue weighted by atomic mass is 16.1. The van der Waals surface area contributed by atoms with Crippen molar-refractivity contribution in [2.75, 3.05) is 0 Å². The fraction of sp³-hybridized carbons (Fsp3) is 0. The van der Waals surface area contributed by atoms with Gasteiger partial charge in [-0.25, -0.2) is 0 Å². The van der Waals surface area contributed by atoms with Gasteiger partial charge in [0.05, 0.1) is 0 Å². The van der Waals surface area contributed by atoms with Gasteiger partial charge < -0.3 is 0 Å². The number of benzene rings is 2. The van der Waals surface area contributed by atoms with E-state index in [2.05, 4.69) is 18.4 Å². The Balaban J connectivity index is 2.29. The Morgan fingerprint density at radius 3 is 2.45 bits per heavy atom. The predicted octanol–water partition coefficient (Wildman–Crippen LogP) is 4.12. The van der Waals surface area contributed by atoms with Crippen molar-refractivity contribution >= 4 is 11.9 Å². The number of rotatable bonds is 3. The van der Waals surface area contributed by atoms with E-state index in [1.54, 1.807) is 18.2 Å². The summed E-state index contributed by atoms with van der Waals surface area (Å²) < 4.78 is 0. The van der Waals surface area contributed by atoms with Crippen LogP contribution in [0.1, 0.15) is 21.5 Å². The predicted molar refractivity (Wildman–Crippen MR) is 83.3 cm³/mol. The Labute approximate surface area is 119 Å². The molecule has 2 aromatic carbocycles. The topological polar surface area (TPSA) is 17.1 Å². The maximum atomic E-state index is 12.2. The fourth-order valence-electron chi connectivity index (χ4n) is 1.74. The Morgan fingerprint density at radius 1 is 1.00 bits per heavy atom. The maximum absolute atomic E-state index is 12.2. The van der Waals surface area contributed by atoms with E-state index in [9.17, 15) is 4.79 Å². The van der Waals surface area contributed by atoms with Gasteiger partial charge in [-0.1, -0.05) is 67.1 Å². The minimum atomic E-state index is -0.182. The zero-order valence-corrected chi connectivity index (χ0v) is 11.0. The second-order valence-corrected chi connectivity index (χ2v) is 4.13. The number of hydrogen-bond donors (Lipinski definition) is 0. The van der Waals surface area contributed by atoms with Crippen LogP contribution in [0, 0.1) is 11.8 Å². The number of allylic oxidation sites excluding steroid dienone is 2. The normalized spacial score (nSPS) is 9.80. The number of Topliss-reactive ketones (excluding diaryl/α,β-unsaturated/α-hetero) is 1. The molecule has 20 heavy (non-hydrogen) atoms. The minimum Gasteiger partial charge on any atom is -0.279 e. The molecular formula is C19H14O. The summed E-state index contributed by atoms with van der Waals surface area (Å²) >= 11 is 0. The summed E-state index contributed by atoms with van der Waals surface area (Å²) in [6.07, 6.45) is 5.33. The van der Waals surface area contributed by atoms with E-state index in [1.165, 1.54) is 0 Å². The van der Waals surface area contributed by atoms with E-state index in [0.29, 0.717) is 5.56 Å². The van der Waals surface area contributed by atoms with E-state index < -0.39 is 0 Å². The lowest BCUT2D eigenvalue weighted by Gasteiger charge is -1.99. The van der Waals surface area contributed by atoms with Crippen LogP contribution in [0.4, 0.5) is 0 Å². The summed E-state index contributed by atoms with van der Waals surface area (Å²) in [5.41, 5.74) is 2.29. The molecule has 2 aromatic rings. The molecule has 0 heterocycles. The summed E-state index contributed by atoms with van der Waals surface area (Å²) in [6, 6.07) is 16.9. The van der Waals surface area contributed by atoms with Crippen LogP contribution in [0.5, 0.6) is 0 Å². The van der Waals surface area contributed by atoms with Crippen LogP contribution in [-0.2, 0) is 0 Å². The molecule has 0 atom stereocenters. The molecule has 2 rings (SSSR count). The van der Waals surface area contributed by atoms with Gasteiger partial charge in [-0.2, -0.15) is 0 Å². The molecule has 0 amide bonds. The molecule has 0 aliphatic rings. The van der Waals surface area contributed by atoms with Crippen molar-refractivity contribution in [2.45, 2.75) is 0 Å². The number of carbonyl (C=O) groups is 1. The first-order valence-corrected chi connectivity index (χ1v) is 6.31. The van der Waals surface area contributed by atoms with E-state index >= 15 is 0 Å². The molecule has 1 heteroatoms. The van der Waals surface area contributed by atoms with Gasteiger partial charge in [0.25, 0.3) is 0 Å². The van der Waals surface area contributed by atoms with Crippen molar-refractivity contribution in [3.63, 3.8) is 0 Å². The molecule has 0 saturated heterocycles. The molecule has 0 radical (unpaired) electrons. The van der Waals surface area contributed by atoms with Gasteiger partial charge in [-0.15, -0.1) is 0 Å². The molecule has 0 bridgehead atoms. The SMILES string of the molecule is C=C/C=C/c1ccccc1C(=O)C#Cc1ccccc1. The van der Waals surface area contributed by atoms with Crippen LogP contribution in [0.15, 0.2) is 73.3 Å². The van der Waals surface area contributed by atoms with Crippen LogP contribution in [0.2, 0.25) is 0 Å². The Hall–Kier alpha value is -2.85. The molecule has 0 spiro atoms. The molecule has 0 unspecified atom stereocenters. The molecular weight excluding hydrogens is 244 g/mol. The van der Waals surface area contributed by atoms with Crippen LogP contribution in [0.3, 0.4) is 0 Å². The largest absolute Gasteiger partial charge is 0.279 e. The Morgan fingerprint density at radius 2 is 1.70 bits per heavy atom. The summed E-state index contributed by atoms with van der Waals surface area (Å²) in [4.78, 5) is 12.2. The van der Waals surface area contributed by atoms with Crippen molar-refractivity contribution in [1.82, 2.24) is 0 Å². The number of carbonyl (C=O) groups excluding carboxylic acids is 1. The summed E-state index contributed by atoms with van der Waals surface area (Å²) in [7, 11) is 0. The molecule has 0 aromatic heterocycles. The Bertz CT molecular complexity index is 697. The van der Waals surface area contributed by atoms with Gasteiger partial charge in [-0.3, -0.25) is 4.79 Å². The fourth-order valence-corrected chi connectivity index (χ4v) is 1.74. The second kappa shape index (κ2) is 6.92. The molecule has 0 fully saturated rings. The van der Waals surface area contributed by atoms with Crippen molar-refractivity contribution in [3.05, 3.63) is 90.0 Å². The van der Waals surface area contributed by atoms with Crippen LogP contribution < -0.4 is 0 Å². The van der Waals surface area contributed by atoms with Crippen molar-refractivity contribution in [3.8, 4) is 11.8 Å². The van der Waals surface area contributed by atoms with Crippen molar-refractivity contribution in [2.24, 2.45) is 0 Å². The zero-order chi connectivity index (χ0) is 14.2. The summed E-state index contributed by atoms with van der Waals surface area (Å²) in [6.45, 7) is 3.63. The Kier molecular flexibility index (Phi) is 4.70. The quantitative estimate of drug-likeness (QED) is 0.460. The number of ketones is 1. The maximum Gasteiger partial charge on any atom is 0.236 e. The van der Waals surface area contributed by atoms with E-state index in [4.69, 9.17) is 0 Å². The zero-order valence-electron chi connectivity index (χ0n) is 11.0. The smallest absolute Gasteiger partial charge is 0.236 e. The average Bonchev–Trinajstić information content (AvgIpc) is 2.52. The molecule has 0 N–H and O–H groups in total. The first-order valence-electron chi connectivity index (χ1n) is 6.31. The third kappa shape index (κ3) is 3.57.